The van der Waals surface area contributed by atoms with Crippen molar-refractivity contribution in [1.82, 2.24) is 4.90 Å². The summed E-state index contributed by atoms with van der Waals surface area (Å²) in [6.07, 6.45) is 1.58. The van der Waals surface area contributed by atoms with Gasteiger partial charge in [0.15, 0.2) is 0 Å². The van der Waals surface area contributed by atoms with Gasteiger partial charge in [-0.3, -0.25) is 14.3 Å². The predicted octanol–water partition coefficient (Wildman–Crippen LogP) is 3.78. The highest BCUT2D eigenvalue weighted by atomic mass is 31.2. The zero-order chi connectivity index (χ0) is 21.6. The lowest BCUT2D eigenvalue weighted by atomic mass is 9.96. The van der Waals surface area contributed by atoms with E-state index < -0.39 is 18.5 Å². The fourth-order valence-corrected chi connectivity index (χ4v) is 6.48. The molecule has 1 saturated heterocycles. The molecule has 2 aromatic rings. The van der Waals surface area contributed by atoms with Gasteiger partial charge in [0.2, 0.25) is 7.37 Å². The molecule has 7 heteroatoms. The van der Waals surface area contributed by atoms with Crippen LogP contribution in [0.2, 0.25) is 0 Å². The van der Waals surface area contributed by atoms with E-state index in [1.165, 1.54) is 0 Å². The molecule has 162 valence electrons. The highest BCUT2D eigenvalue weighted by Crippen LogP contribution is 2.59. The molecule has 0 saturated carbocycles. The van der Waals surface area contributed by atoms with E-state index in [4.69, 9.17) is 5.73 Å². The fourth-order valence-electron chi connectivity index (χ4n) is 4.24. The van der Waals surface area contributed by atoms with Crippen LogP contribution < -0.4 is 5.73 Å². The quantitative estimate of drug-likeness (QED) is 0.435. The largest absolute Gasteiger partial charge is 0.480 e. The fraction of sp³-hybridized carbons (Fsp3) is 0.435. The Morgan fingerprint density at radius 3 is 2.50 bits per heavy atom. The summed E-state index contributed by atoms with van der Waals surface area (Å²) in [5.74, 6) is -1.15. The lowest BCUT2D eigenvalue weighted by Gasteiger charge is -2.32. The van der Waals surface area contributed by atoms with E-state index >= 15 is 0 Å². The molecule has 0 amide bonds. The van der Waals surface area contributed by atoms with Gasteiger partial charge in [0.25, 0.3) is 0 Å². The van der Waals surface area contributed by atoms with E-state index in [0.29, 0.717) is 39.0 Å². The van der Waals surface area contributed by atoms with E-state index in [9.17, 15) is 19.4 Å². The Labute approximate surface area is 178 Å². The molecule has 4 N–H and O–H groups in total. The molecule has 6 nitrogen and oxygen atoms in total. The number of hydrogen-bond donors (Lipinski definition) is 3. The summed E-state index contributed by atoms with van der Waals surface area (Å²) >= 11 is 0. The van der Waals surface area contributed by atoms with E-state index in [1.54, 1.807) is 0 Å². The maximum atomic E-state index is 13.1. The van der Waals surface area contributed by atoms with Crippen LogP contribution in [0.15, 0.2) is 54.6 Å². The summed E-state index contributed by atoms with van der Waals surface area (Å²) < 4.78 is 13.1. The second-order valence-electron chi connectivity index (χ2n) is 8.10. The molecular formula is C23H31N2O4P. The van der Waals surface area contributed by atoms with Gasteiger partial charge in [-0.1, -0.05) is 55.0 Å². The highest BCUT2D eigenvalue weighted by molar-refractivity contribution is 7.60. The van der Waals surface area contributed by atoms with Crippen LogP contribution in [0.5, 0.6) is 0 Å². The number of unbranched alkanes of at least 4 members (excludes halogenated alkanes) is 1. The molecular weight excluding hydrogens is 399 g/mol. The summed E-state index contributed by atoms with van der Waals surface area (Å²) in [4.78, 5) is 24.9. The average Bonchev–Trinajstić information content (AvgIpc) is 2.86. The maximum absolute atomic E-state index is 13.1. The van der Waals surface area contributed by atoms with Gasteiger partial charge >= 0.3 is 5.97 Å². The van der Waals surface area contributed by atoms with E-state index in [-0.39, 0.29) is 19.0 Å². The van der Waals surface area contributed by atoms with Crippen molar-refractivity contribution in [2.75, 3.05) is 25.8 Å². The summed E-state index contributed by atoms with van der Waals surface area (Å²) in [5.41, 5.74) is 8.90. The molecule has 30 heavy (non-hydrogen) atoms. The van der Waals surface area contributed by atoms with Crippen LogP contribution in [-0.2, 0) is 15.9 Å². The molecule has 1 fully saturated rings. The Morgan fingerprint density at radius 2 is 1.80 bits per heavy atom. The summed E-state index contributed by atoms with van der Waals surface area (Å²) in [5, 5.41) is 8.34. The minimum Gasteiger partial charge on any atom is -0.480 e. The Morgan fingerprint density at radius 1 is 1.07 bits per heavy atom. The number of nitrogens with two attached hydrogens (primary N) is 1. The smallest absolute Gasteiger partial charge is 0.319 e. The number of hydrogen-bond acceptors (Lipinski definition) is 4. The molecule has 2 aromatic carbocycles. The number of carbonyl (C=O) groups is 1. The van der Waals surface area contributed by atoms with Gasteiger partial charge in [0, 0.05) is 25.8 Å². The average molecular weight is 430 g/mol. The summed E-state index contributed by atoms with van der Waals surface area (Å²) in [6.45, 7) is 1.97. The van der Waals surface area contributed by atoms with Gasteiger partial charge < -0.3 is 15.7 Å². The molecule has 0 aliphatic carbocycles. The minimum absolute atomic E-state index is 0.000299. The van der Waals surface area contributed by atoms with Gasteiger partial charge in [-0.2, -0.15) is 0 Å². The molecule has 2 atom stereocenters. The minimum atomic E-state index is -3.85. The Kier molecular flexibility index (Phi) is 7.48. The van der Waals surface area contributed by atoms with Crippen LogP contribution in [0.1, 0.15) is 31.2 Å². The third-order valence-electron chi connectivity index (χ3n) is 6.11. The van der Waals surface area contributed by atoms with E-state index in [2.05, 4.69) is 29.2 Å². The second kappa shape index (κ2) is 9.88. The summed E-state index contributed by atoms with van der Waals surface area (Å²) in [7, 11) is -3.85. The summed E-state index contributed by atoms with van der Waals surface area (Å²) in [6, 6.07) is 18.4. The SMILES string of the molecule is NCCCCC1(C(=O)O)CCN(Cc2cccc(-c3ccccc3)c2)CCP1(=O)O. The number of rotatable bonds is 8. The number of nitrogens with zero attached hydrogens (tertiary/aromatic N) is 1. The van der Waals surface area contributed by atoms with Crippen molar-refractivity contribution in [2.45, 2.75) is 37.4 Å². The molecule has 0 aromatic heterocycles. The van der Waals surface area contributed by atoms with Crippen LogP contribution >= 0.6 is 7.37 Å². The van der Waals surface area contributed by atoms with Crippen LogP contribution in [0.4, 0.5) is 0 Å². The number of carboxylic acids is 1. The van der Waals surface area contributed by atoms with Crippen molar-refractivity contribution in [3.8, 4) is 11.1 Å². The zero-order valence-electron chi connectivity index (χ0n) is 17.2. The first-order chi connectivity index (χ1) is 14.4. The molecule has 3 rings (SSSR count). The van der Waals surface area contributed by atoms with E-state index in [1.807, 2.05) is 30.3 Å². The monoisotopic (exact) mass is 430 g/mol. The molecule has 1 aliphatic heterocycles. The van der Waals surface area contributed by atoms with Crippen molar-refractivity contribution in [1.29, 1.82) is 0 Å². The van der Waals surface area contributed by atoms with Gasteiger partial charge in [0.1, 0.15) is 5.16 Å². The highest BCUT2D eigenvalue weighted by Gasteiger charge is 2.54. The van der Waals surface area contributed by atoms with Crippen LogP contribution in [0.25, 0.3) is 11.1 Å². The van der Waals surface area contributed by atoms with Crippen molar-refractivity contribution < 1.29 is 19.4 Å². The standard InChI is InChI=1S/C23H31N2O4P/c24-13-5-4-11-23(22(26)27)12-14-25(15-16-30(23,28)29)18-19-7-6-10-21(17-19)20-8-2-1-3-9-20/h1-3,6-10,17H,4-5,11-16,18,24H2,(H,26,27)(H,28,29). The third kappa shape index (κ3) is 5.01. The van der Waals surface area contributed by atoms with Gasteiger partial charge in [-0.25, -0.2) is 0 Å². The molecule has 0 bridgehead atoms. The molecule has 2 unspecified atom stereocenters. The van der Waals surface area contributed by atoms with Crippen LogP contribution in [0, 0.1) is 0 Å². The third-order valence-corrected chi connectivity index (χ3v) is 8.89. The topological polar surface area (TPSA) is 104 Å². The van der Waals surface area contributed by atoms with Crippen LogP contribution in [-0.4, -0.2) is 51.8 Å². The van der Waals surface area contributed by atoms with Crippen molar-refractivity contribution >= 4 is 13.3 Å². The number of benzene rings is 2. The Bertz CT molecular complexity index is 905. The molecule has 1 aliphatic rings. The normalized spacial score (nSPS) is 25.0. The Hall–Kier alpha value is -1.98. The van der Waals surface area contributed by atoms with E-state index in [0.717, 1.165) is 16.7 Å². The zero-order valence-corrected chi connectivity index (χ0v) is 18.1. The van der Waals surface area contributed by atoms with Gasteiger partial charge in [0.05, 0.1) is 0 Å². The molecule has 0 radical (unpaired) electrons. The second-order valence-corrected chi connectivity index (χ2v) is 10.8. The number of aliphatic carboxylic acids is 1. The van der Waals surface area contributed by atoms with Crippen molar-refractivity contribution in [2.24, 2.45) is 5.73 Å². The van der Waals surface area contributed by atoms with Crippen LogP contribution in [0.3, 0.4) is 0 Å². The maximum Gasteiger partial charge on any atom is 0.319 e. The first kappa shape index (κ1) is 22.7. The van der Waals surface area contributed by atoms with Gasteiger partial charge in [-0.15, -0.1) is 0 Å². The predicted molar refractivity (Wildman–Crippen MR) is 120 cm³/mol. The number of carboxylic acid groups (broad SMARTS) is 1. The lowest BCUT2D eigenvalue weighted by Crippen LogP contribution is -2.40. The first-order valence-corrected chi connectivity index (χ1v) is 12.3. The van der Waals surface area contributed by atoms with Crippen molar-refractivity contribution in [3.05, 3.63) is 60.2 Å². The molecule has 0 spiro atoms. The first-order valence-electron chi connectivity index (χ1n) is 10.5. The molecule has 1 heterocycles. The van der Waals surface area contributed by atoms with Crippen molar-refractivity contribution in [3.63, 3.8) is 0 Å². The van der Waals surface area contributed by atoms with Gasteiger partial charge in [-0.05, 0) is 48.6 Å². The Balaban J connectivity index is 1.76. The lowest BCUT2D eigenvalue weighted by molar-refractivity contribution is -0.141.